The number of rotatable bonds is 8. The van der Waals surface area contributed by atoms with Crippen LogP contribution in [0, 0.1) is 10.1 Å². The van der Waals surface area contributed by atoms with Gasteiger partial charge in [0.25, 0.3) is 15.8 Å². The highest BCUT2D eigenvalue weighted by atomic mass is 32.2. The van der Waals surface area contributed by atoms with Gasteiger partial charge in [-0.05, 0) is 13.0 Å². The Morgan fingerprint density at radius 2 is 1.91 bits per heavy atom. The minimum Gasteiger partial charge on any atom is -0.382 e. The molecule has 130 valence electrons. The monoisotopic (exact) mass is 367 g/mol. The van der Waals surface area contributed by atoms with Crippen molar-refractivity contribution in [2.24, 2.45) is 5.73 Å². The summed E-state index contributed by atoms with van der Waals surface area (Å²) in [5.41, 5.74) is 5.18. The van der Waals surface area contributed by atoms with E-state index in [2.05, 4.69) is 5.32 Å². The highest BCUT2D eigenvalue weighted by Gasteiger charge is 2.24. The Kier molecular flexibility index (Phi) is 6.04. The summed E-state index contributed by atoms with van der Waals surface area (Å²) in [5, 5.41) is 13.6. The molecule has 0 radical (unpaired) electrons. The second-order valence-corrected chi connectivity index (χ2v) is 8.55. The van der Waals surface area contributed by atoms with Crippen LogP contribution in [-0.4, -0.2) is 50.4 Å². The lowest BCUT2D eigenvalue weighted by Crippen LogP contribution is -2.26. The van der Waals surface area contributed by atoms with Gasteiger partial charge in [-0.3, -0.25) is 14.7 Å². The molecule has 0 spiro atoms. The molecular weight excluding hydrogens is 350 g/mol. The molecule has 1 atom stereocenters. The van der Waals surface area contributed by atoms with E-state index in [1.807, 2.05) is 0 Å². The number of anilines is 1. The lowest BCUT2D eigenvalue weighted by atomic mass is 10.2. The molecule has 1 rings (SSSR count). The van der Waals surface area contributed by atoms with E-state index in [9.17, 15) is 26.9 Å². The van der Waals surface area contributed by atoms with Crippen LogP contribution in [0.25, 0.3) is 0 Å². The van der Waals surface area contributed by atoms with Crippen molar-refractivity contribution < 1.29 is 26.3 Å². The van der Waals surface area contributed by atoms with Crippen LogP contribution < -0.4 is 11.1 Å². The number of sulfone groups is 1. The number of nitrogens with two attached hydrogens (primary N) is 1. The van der Waals surface area contributed by atoms with Gasteiger partial charge in [0.15, 0.2) is 9.84 Å². The summed E-state index contributed by atoms with van der Waals surface area (Å²) in [5.74, 6) is -1.91. The molecule has 23 heavy (non-hydrogen) atoms. The zero-order chi connectivity index (χ0) is 17.8. The average molecular weight is 367 g/mol. The first-order valence-electron chi connectivity index (χ1n) is 6.38. The summed E-state index contributed by atoms with van der Waals surface area (Å²) < 4.78 is 54.7. The minimum atomic E-state index is -4.48. The fourth-order valence-corrected chi connectivity index (χ4v) is 4.34. The van der Waals surface area contributed by atoms with Crippen molar-refractivity contribution in [1.82, 2.24) is 0 Å². The SMILES string of the molecule is CC(N)CNc1ccc([N+](=O)[O-])cc1S(=O)(=O)CCS(=O)(=O)O. The molecule has 12 heteroatoms. The second-order valence-electron chi connectivity index (χ2n) is 4.90. The summed E-state index contributed by atoms with van der Waals surface area (Å²) in [6, 6.07) is 2.85. The predicted molar refractivity (Wildman–Crippen MR) is 83.7 cm³/mol. The van der Waals surface area contributed by atoms with Crippen LogP contribution >= 0.6 is 0 Å². The average Bonchev–Trinajstić information content (AvgIpc) is 2.42. The van der Waals surface area contributed by atoms with Crippen LogP contribution in [0.2, 0.25) is 0 Å². The standard InChI is InChI=1S/C11H17N3O7S2/c1-8(12)7-13-10-3-2-9(14(15)16)6-11(10)22(17,18)4-5-23(19,20)21/h2-3,6,8,13H,4-5,7,12H2,1H3,(H,19,20,21). The van der Waals surface area contributed by atoms with Gasteiger partial charge in [0.2, 0.25) is 0 Å². The van der Waals surface area contributed by atoms with Gasteiger partial charge in [-0.15, -0.1) is 0 Å². The lowest BCUT2D eigenvalue weighted by Gasteiger charge is -2.14. The Bertz CT molecular complexity index is 788. The third kappa shape index (κ3) is 6.09. The van der Waals surface area contributed by atoms with Gasteiger partial charge in [0.1, 0.15) is 0 Å². The molecule has 0 aliphatic rings. The molecular formula is C11H17N3O7S2. The highest BCUT2D eigenvalue weighted by Crippen LogP contribution is 2.27. The van der Waals surface area contributed by atoms with Crippen molar-refractivity contribution in [3.63, 3.8) is 0 Å². The number of hydrogen-bond acceptors (Lipinski definition) is 8. The fourth-order valence-electron chi connectivity index (χ4n) is 1.62. The first-order valence-corrected chi connectivity index (χ1v) is 9.64. The van der Waals surface area contributed by atoms with Crippen LogP contribution in [0.15, 0.2) is 23.1 Å². The quantitative estimate of drug-likeness (QED) is 0.325. The Morgan fingerprint density at radius 3 is 2.39 bits per heavy atom. The molecule has 0 aliphatic carbocycles. The number of nitrogens with zero attached hydrogens (tertiary/aromatic N) is 1. The van der Waals surface area contributed by atoms with Crippen LogP contribution in [0.1, 0.15) is 6.92 Å². The van der Waals surface area contributed by atoms with Crippen molar-refractivity contribution in [3.05, 3.63) is 28.3 Å². The van der Waals surface area contributed by atoms with Crippen LogP contribution in [0.4, 0.5) is 11.4 Å². The molecule has 0 fully saturated rings. The van der Waals surface area contributed by atoms with Gasteiger partial charge in [-0.25, -0.2) is 8.42 Å². The summed E-state index contributed by atoms with van der Waals surface area (Å²) in [7, 11) is -8.66. The molecule has 1 unspecified atom stereocenters. The number of benzene rings is 1. The number of non-ortho nitro benzene ring substituents is 1. The Balaban J connectivity index is 3.27. The summed E-state index contributed by atoms with van der Waals surface area (Å²) in [6.45, 7) is 1.88. The second kappa shape index (κ2) is 7.21. The van der Waals surface area contributed by atoms with Gasteiger partial charge in [0, 0.05) is 24.7 Å². The number of nitrogens with one attached hydrogen (secondary N) is 1. The van der Waals surface area contributed by atoms with Gasteiger partial charge in [-0.2, -0.15) is 8.42 Å². The Labute approximate surface area is 133 Å². The highest BCUT2D eigenvalue weighted by molar-refractivity contribution is 7.93. The first-order chi connectivity index (χ1) is 10.4. The summed E-state index contributed by atoms with van der Waals surface area (Å²) in [6.07, 6.45) is 0. The van der Waals surface area contributed by atoms with Gasteiger partial charge in [0.05, 0.1) is 27.0 Å². The maximum absolute atomic E-state index is 12.2. The number of hydrogen-bond donors (Lipinski definition) is 3. The van der Waals surface area contributed by atoms with E-state index in [0.717, 1.165) is 12.1 Å². The van der Waals surface area contributed by atoms with E-state index in [0.29, 0.717) is 0 Å². The molecule has 0 saturated heterocycles. The zero-order valence-corrected chi connectivity index (χ0v) is 13.8. The largest absolute Gasteiger partial charge is 0.382 e. The van der Waals surface area contributed by atoms with Crippen molar-refractivity contribution in [1.29, 1.82) is 0 Å². The molecule has 0 bridgehead atoms. The molecule has 4 N–H and O–H groups in total. The summed E-state index contributed by atoms with van der Waals surface area (Å²) >= 11 is 0. The number of nitro benzene ring substituents is 1. The third-order valence-electron chi connectivity index (χ3n) is 2.74. The Morgan fingerprint density at radius 1 is 1.30 bits per heavy atom. The molecule has 10 nitrogen and oxygen atoms in total. The van der Waals surface area contributed by atoms with Crippen molar-refractivity contribution >= 4 is 31.3 Å². The van der Waals surface area contributed by atoms with E-state index in [4.69, 9.17) is 10.3 Å². The Hall–Kier alpha value is -1.76. The van der Waals surface area contributed by atoms with Gasteiger partial charge in [-0.1, -0.05) is 0 Å². The van der Waals surface area contributed by atoms with E-state index in [-0.39, 0.29) is 18.3 Å². The molecule has 0 heterocycles. The van der Waals surface area contributed by atoms with Crippen LogP contribution in [-0.2, 0) is 20.0 Å². The summed E-state index contributed by atoms with van der Waals surface area (Å²) in [4.78, 5) is 9.62. The smallest absolute Gasteiger partial charge is 0.270 e. The normalized spacial score (nSPS) is 13.5. The number of nitro groups is 1. The topological polar surface area (TPSA) is 170 Å². The van der Waals surface area contributed by atoms with E-state index >= 15 is 0 Å². The predicted octanol–water partition coefficient (Wildman–Crippen LogP) is 0.0154. The first kappa shape index (κ1) is 19.3. The van der Waals surface area contributed by atoms with Crippen molar-refractivity contribution in [3.8, 4) is 0 Å². The zero-order valence-electron chi connectivity index (χ0n) is 12.2. The van der Waals surface area contributed by atoms with Gasteiger partial charge >= 0.3 is 0 Å². The molecule has 0 aliphatic heterocycles. The molecule has 1 aromatic rings. The third-order valence-corrected chi connectivity index (χ3v) is 5.46. The van der Waals surface area contributed by atoms with E-state index in [1.54, 1.807) is 6.92 Å². The lowest BCUT2D eigenvalue weighted by molar-refractivity contribution is -0.385. The van der Waals surface area contributed by atoms with Gasteiger partial charge < -0.3 is 11.1 Å². The maximum atomic E-state index is 12.2. The van der Waals surface area contributed by atoms with Crippen LogP contribution in [0.5, 0.6) is 0 Å². The van der Waals surface area contributed by atoms with Crippen LogP contribution in [0.3, 0.4) is 0 Å². The van der Waals surface area contributed by atoms with Crippen molar-refractivity contribution in [2.45, 2.75) is 17.9 Å². The van der Waals surface area contributed by atoms with E-state index in [1.165, 1.54) is 6.07 Å². The molecule has 0 saturated carbocycles. The maximum Gasteiger partial charge on any atom is 0.270 e. The molecule has 1 aromatic carbocycles. The van der Waals surface area contributed by atoms with Crippen molar-refractivity contribution in [2.75, 3.05) is 23.4 Å². The van der Waals surface area contributed by atoms with E-state index < -0.39 is 47.0 Å². The molecule has 0 aromatic heterocycles. The minimum absolute atomic E-state index is 0.0724. The fraction of sp³-hybridized carbons (Fsp3) is 0.455. The molecule has 0 amide bonds.